The highest BCUT2D eigenvalue weighted by Crippen LogP contribution is 2.18. The molecule has 1 saturated heterocycles. The van der Waals surface area contributed by atoms with Gasteiger partial charge in [-0.15, -0.1) is 0 Å². The molecule has 1 heterocycles. The number of nitrogens with zero attached hydrogens (tertiary/aromatic N) is 1. The molecule has 1 fully saturated rings. The first-order chi connectivity index (χ1) is 12.7. The average Bonchev–Trinajstić information content (AvgIpc) is 3.14. The van der Waals surface area contributed by atoms with Crippen molar-refractivity contribution in [2.45, 2.75) is 38.4 Å². The van der Waals surface area contributed by atoms with Crippen molar-refractivity contribution in [2.24, 2.45) is 4.99 Å². The van der Waals surface area contributed by atoms with E-state index in [9.17, 15) is 0 Å². The molecule has 0 saturated carbocycles. The van der Waals surface area contributed by atoms with Crippen LogP contribution in [0.1, 0.15) is 26.2 Å². The summed E-state index contributed by atoms with van der Waals surface area (Å²) in [5, 5.41) is 7.21. The van der Waals surface area contributed by atoms with Gasteiger partial charge in [0, 0.05) is 31.8 Å². The molecule has 7 heteroatoms. The summed E-state index contributed by atoms with van der Waals surface area (Å²) in [6, 6.07) is 7.40. The molecule has 0 aromatic heterocycles. The van der Waals surface area contributed by atoms with Crippen LogP contribution in [0.4, 0.5) is 0 Å². The van der Waals surface area contributed by atoms with Gasteiger partial charge in [0.2, 0.25) is 0 Å². The van der Waals surface area contributed by atoms with Gasteiger partial charge in [-0.2, -0.15) is 0 Å². The first kappa shape index (κ1) is 20.8. The molecule has 0 amide bonds. The Morgan fingerprint density at radius 2 is 2.31 bits per heavy atom. The quantitative estimate of drug-likeness (QED) is 0.369. The standard InChI is InChI=1S/C19H30ClN3O3/c1-15(26-17-7-3-6-16(20)12-17)13-23-19(21-2)22-9-5-10-24-14-18-8-4-11-25-18/h3,6-7,12,15,18H,4-5,8-11,13-14H2,1-2H3,(H2,21,22,23). The van der Waals surface area contributed by atoms with Crippen LogP contribution in [0.5, 0.6) is 5.75 Å². The zero-order valence-corrected chi connectivity index (χ0v) is 16.4. The van der Waals surface area contributed by atoms with Gasteiger partial charge in [0.15, 0.2) is 5.96 Å². The van der Waals surface area contributed by atoms with Crippen LogP contribution >= 0.6 is 11.6 Å². The molecule has 146 valence electrons. The Morgan fingerprint density at radius 3 is 3.04 bits per heavy atom. The summed E-state index contributed by atoms with van der Waals surface area (Å²) in [5.41, 5.74) is 0. The van der Waals surface area contributed by atoms with Crippen molar-refractivity contribution in [2.75, 3.05) is 40.0 Å². The lowest BCUT2D eigenvalue weighted by molar-refractivity contribution is 0.0168. The van der Waals surface area contributed by atoms with Crippen molar-refractivity contribution in [1.29, 1.82) is 0 Å². The number of nitrogens with one attached hydrogen (secondary N) is 2. The van der Waals surface area contributed by atoms with Crippen molar-refractivity contribution in [1.82, 2.24) is 10.6 Å². The monoisotopic (exact) mass is 383 g/mol. The molecule has 0 spiro atoms. The molecular formula is C19H30ClN3O3. The predicted octanol–water partition coefficient (Wildman–Crippen LogP) is 2.86. The minimum absolute atomic E-state index is 0.0123. The molecular weight excluding hydrogens is 354 g/mol. The van der Waals surface area contributed by atoms with Crippen LogP contribution in [-0.4, -0.2) is 58.1 Å². The Balaban J connectivity index is 1.54. The third-order valence-corrected chi connectivity index (χ3v) is 4.23. The highest BCUT2D eigenvalue weighted by molar-refractivity contribution is 6.30. The number of hydrogen-bond acceptors (Lipinski definition) is 4. The van der Waals surface area contributed by atoms with Crippen molar-refractivity contribution in [3.63, 3.8) is 0 Å². The van der Waals surface area contributed by atoms with Gasteiger partial charge in [-0.1, -0.05) is 17.7 Å². The van der Waals surface area contributed by atoms with Gasteiger partial charge < -0.3 is 24.8 Å². The molecule has 0 aliphatic carbocycles. The van der Waals surface area contributed by atoms with E-state index in [4.69, 9.17) is 25.8 Å². The summed E-state index contributed by atoms with van der Waals surface area (Å²) in [4.78, 5) is 4.22. The van der Waals surface area contributed by atoms with E-state index < -0.39 is 0 Å². The molecule has 1 aromatic carbocycles. The second-order valence-corrected chi connectivity index (χ2v) is 6.77. The van der Waals surface area contributed by atoms with Crippen LogP contribution in [0.3, 0.4) is 0 Å². The number of rotatable bonds is 10. The Hall–Kier alpha value is -1.50. The van der Waals surface area contributed by atoms with Crippen molar-refractivity contribution in [3.8, 4) is 5.75 Å². The van der Waals surface area contributed by atoms with Crippen molar-refractivity contribution < 1.29 is 14.2 Å². The van der Waals surface area contributed by atoms with E-state index in [0.29, 0.717) is 24.3 Å². The van der Waals surface area contributed by atoms with E-state index in [2.05, 4.69) is 15.6 Å². The molecule has 0 radical (unpaired) electrons. The summed E-state index contributed by atoms with van der Waals surface area (Å²) in [7, 11) is 1.76. The number of benzene rings is 1. The van der Waals surface area contributed by atoms with Gasteiger partial charge in [-0.3, -0.25) is 4.99 Å². The molecule has 2 rings (SSSR count). The van der Waals surface area contributed by atoms with Crippen LogP contribution in [0.2, 0.25) is 5.02 Å². The highest BCUT2D eigenvalue weighted by atomic mass is 35.5. The predicted molar refractivity (Wildman–Crippen MR) is 105 cm³/mol. The van der Waals surface area contributed by atoms with Gasteiger partial charge in [-0.25, -0.2) is 0 Å². The van der Waals surface area contributed by atoms with Crippen LogP contribution < -0.4 is 15.4 Å². The van der Waals surface area contributed by atoms with Crippen LogP contribution in [-0.2, 0) is 9.47 Å². The fraction of sp³-hybridized carbons (Fsp3) is 0.632. The zero-order valence-electron chi connectivity index (χ0n) is 15.7. The van der Waals surface area contributed by atoms with Gasteiger partial charge in [0.25, 0.3) is 0 Å². The SMILES string of the molecule is CN=C(NCCCOCC1CCCO1)NCC(C)Oc1cccc(Cl)c1. The Morgan fingerprint density at radius 1 is 1.42 bits per heavy atom. The Labute approximate surface area is 161 Å². The van der Waals surface area contributed by atoms with E-state index in [1.54, 1.807) is 7.05 Å². The molecule has 1 aliphatic rings. The lowest BCUT2D eigenvalue weighted by Crippen LogP contribution is -2.42. The average molecular weight is 384 g/mol. The maximum atomic E-state index is 5.97. The fourth-order valence-electron chi connectivity index (χ4n) is 2.65. The second-order valence-electron chi connectivity index (χ2n) is 6.33. The van der Waals surface area contributed by atoms with Gasteiger partial charge >= 0.3 is 0 Å². The lowest BCUT2D eigenvalue weighted by Gasteiger charge is -2.18. The number of hydrogen-bond donors (Lipinski definition) is 2. The fourth-order valence-corrected chi connectivity index (χ4v) is 2.83. The molecule has 0 bridgehead atoms. The molecule has 26 heavy (non-hydrogen) atoms. The molecule has 2 atom stereocenters. The van der Waals surface area contributed by atoms with E-state index in [0.717, 1.165) is 50.7 Å². The second kappa shape index (κ2) is 12.0. The van der Waals surface area contributed by atoms with Gasteiger partial charge in [-0.05, 0) is 44.4 Å². The third-order valence-electron chi connectivity index (χ3n) is 4.00. The lowest BCUT2D eigenvalue weighted by atomic mass is 10.2. The summed E-state index contributed by atoms with van der Waals surface area (Å²) >= 11 is 5.97. The summed E-state index contributed by atoms with van der Waals surface area (Å²) in [6.45, 7) is 5.73. The molecule has 2 unspecified atom stereocenters. The number of aliphatic imine (C=N–C) groups is 1. The van der Waals surface area contributed by atoms with Crippen molar-refractivity contribution in [3.05, 3.63) is 29.3 Å². The molecule has 1 aromatic rings. The smallest absolute Gasteiger partial charge is 0.191 e. The Bertz CT molecular complexity index is 551. The number of halogens is 1. The summed E-state index contributed by atoms with van der Waals surface area (Å²) < 4.78 is 17.0. The zero-order chi connectivity index (χ0) is 18.6. The Kier molecular flexibility index (Phi) is 9.60. The largest absolute Gasteiger partial charge is 0.489 e. The van der Waals surface area contributed by atoms with E-state index in [-0.39, 0.29) is 6.10 Å². The third kappa shape index (κ3) is 8.25. The van der Waals surface area contributed by atoms with Gasteiger partial charge in [0.1, 0.15) is 11.9 Å². The number of guanidine groups is 1. The first-order valence-electron chi connectivity index (χ1n) is 9.23. The minimum atomic E-state index is -0.0123. The van der Waals surface area contributed by atoms with E-state index in [1.165, 1.54) is 0 Å². The topological polar surface area (TPSA) is 64.1 Å². The van der Waals surface area contributed by atoms with Gasteiger partial charge in [0.05, 0.1) is 19.3 Å². The minimum Gasteiger partial charge on any atom is -0.489 e. The van der Waals surface area contributed by atoms with Crippen LogP contribution in [0, 0.1) is 0 Å². The van der Waals surface area contributed by atoms with Crippen LogP contribution in [0.15, 0.2) is 29.3 Å². The number of ether oxygens (including phenoxy) is 3. The summed E-state index contributed by atoms with van der Waals surface area (Å²) in [6.07, 6.45) is 3.46. The maximum absolute atomic E-state index is 5.97. The maximum Gasteiger partial charge on any atom is 0.191 e. The molecule has 1 aliphatic heterocycles. The van der Waals surface area contributed by atoms with Crippen molar-refractivity contribution >= 4 is 17.6 Å². The normalized spacial score (nSPS) is 18.6. The van der Waals surface area contributed by atoms with E-state index >= 15 is 0 Å². The van der Waals surface area contributed by atoms with Crippen LogP contribution in [0.25, 0.3) is 0 Å². The molecule has 6 nitrogen and oxygen atoms in total. The summed E-state index contributed by atoms with van der Waals surface area (Å²) in [5.74, 6) is 1.52. The first-order valence-corrected chi connectivity index (χ1v) is 9.61. The highest BCUT2D eigenvalue weighted by Gasteiger charge is 2.14. The van der Waals surface area contributed by atoms with E-state index in [1.807, 2.05) is 31.2 Å². The molecule has 2 N–H and O–H groups in total.